The largest absolute Gasteiger partial charge is 0.513 e. The van der Waals surface area contributed by atoms with E-state index in [9.17, 15) is 19.2 Å². The Morgan fingerprint density at radius 1 is 0.587 bits per heavy atom. The molecule has 46 heavy (non-hydrogen) atoms. The van der Waals surface area contributed by atoms with Gasteiger partial charge in [0.1, 0.15) is 0 Å². The zero-order valence-corrected chi connectivity index (χ0v) is 25.6. The fourth-order valence-electron chi connectivity index (χ4n) is 3.32. The van der Waals surface area contributed by atoms with Crippen molar-refractivity contribution in [1.29, 1.82) is 0 Å². The first kappa shape index (κ1) is 36.5. The maximum absolute atomic E-state index is 12.0. The number of carbonyl (C=O) groups excluding carboxylic acids is 4. The van der Waals surface area contributed by atoms with Crippen molar-refractivity contribution in [3.63, 3.8) is 0 Å². The Hall–Kier alpha value is -5.66. The number of methoxy groups -OCH3 is 2. The van der Waals surface area contributed by atoms with E-state index in [1.807, 2.05) is 0 Å². The standard InChI is InChI=1S/C32H36N2O12/c1-5-29(35)41-15-7-9-17-43-31(37)45-25-13-11-23(19-27(25)39-3)21-33-34-22-24-12-14-26(28(20-24)40-4)46-32(38)44-18-10-8-16-42-30(36)6-2/h5-6,11-14,19-22H,1-2,7-10,15-18H2,3-4H3. The van der Waals surface area contributed by atoms with Crippen LogP contribution >= 0.6 is 0 Å². The lowest BCUT2D eigenvalue weighted by molar-refractivity contribution is -0.138. The first-order valence-electron chi connectivity index (χ1n) is 14.0. The lowest BCUT2D eigenvalue weighted by Crippen LogP contribution is -2.12. The van der Waals surface area contributed by atoms with Gasteiger partial charge in [0.25, 0.3) is 0 Å². The quantitative estimate of drug-likeness (QED) is 0.0375. The predicted molar refractivity (Wildman–Crippen MR) is 166 cm³/mol. The Kier molecular flexibility index (Phi) is 16.8. The summed E-state index contributed by atoms with van der Waals surface area (Å²) in [5.74, 6) is -0.175. The number of unbranched alkanes of at least 4 members (excludes halogenated alkanes) is 2. The smallest absolute Gasteiger partial charge is 0.493 e. The molecular formula is C32H36N2O12. The Balaban J connectivity index is 1.83. The molecule has 2 aromatic rings. The van der Waals surface area contributed by atoms with Gasteiger partial charge in [-0.2, -0.15) is 10.2 Å². The van der Waals surface area contributed by atoms with Crippen LogP contribution in [-0.4, -0.2) is 77.3 Å². The number of benzene rings is 2. The molecule has 2 rings (SSSR count). The minimum absolute atomic E-state index is 0.0862. The highest BCUT2D eigenvalue weighted by molar-refractivity contribution is 5.84. The summed E-state index contributed by atoms with van der Waals surface area (Å²) in [6.07, 6.45) is 5.25. The zero-order chi connectivity index (χ0) is 33.6. The van der Waals surface area contributed by atoms with Gasteiger partial charge in [0.15, 0.2) is 23.0 Å². The van der Waals surface area contributed by atoms with Crippen LogP contribution in [0.5, 0.6) is 23.0 Å². The lowest BCUT2D eigenvalue weighted by atomic mass is 10.2. The van der Waals surface area contributed by atoms with Gasteiger partial charge >= 0.3 is 24.2 Å². The van der Waals surface area contributed by atoms with E-state index in [2.05, 4.69) is 23.4 Å². The Morgan fingerprint density at radius 3 is 1.30 bits per heavy atom. The molecule has 0 aliphatic rings. The van der Waals surface area contributed by atoms with Crippen LogP contribution in [0.2, 0.25) is 0 Å². The van der Waals surface area contributed by atoms with E-state index in [4.69, 9.17) is 37.9 Å². The van der Waals surface area contributed by atoms with Crippen molar-refractivity contribution in [3.8, 4) is 23.0 Å². The summed E-state index contributed by atoms with van der Waals surface area (Å²) in [6, 6.07) is 9.53. The van der Waals surface area contributed by atoms with E-state index >= 15 is 0 Å². The summed E-state index contributed by atoms with van der Waals surface area (Å²) in [6.45, 7) is 7.17. The topological polar surface area (TPSA) is 167 Å². The van der Waals surface area contributed by atoms with Crippen LogP contribution in [0.1, 0.15) is 36.8 Å². The average Bonchev–Trinajstić information content (AvgIpc) is 3.06. The van der Waals surface area contributed by atoms with Gasteiger partial charge in [0, 0.05) is 12.2 Å². The molecule has 0 heterocycles. The highest BCUT2D eigenvalue weighted by Gasteiger charge is 2.13. The highest BCUT2D eigenvalue weighted by Crippen LogP contribution is 2.29. The van der Waals surface area contributed by atoms with Crippen LogP contribution in [0.3, 0.4) is 0 Å². The zero-order valence-electron chi connectivity index (χ0n) is 25.6. The highest BCUT2D eigenvalue weighted by atomic mass is 16.7. The third kappa shape index (κ3) is 14.2. The second-order valence-corrected chi connectivity index (χ2v) is 8.87. The van der Waals surface area contributed by atoms with Crippen LogP contribution < -0.4 is 18.9 Å². The average molecular weight is 641 g/mol. The molecule has 0 unspecified atom stereocenters. The molecule has 0 amide bonds. The van der Waals surface area contributed by atoms with E-state index in [1.54, 1.807) is 24.3 Å². The van der Waals surface area contributed by atoms with Gasteiger partial charge in [0.05, 0.1) is 53.1 Å². The second-order valence-electron chi connectivity index (χ2n) is 8.87. The van der Waals surface area contributed by atoms with Gasteiger partial charge in [0.2, 0.25) is 0 Å². The van der Waals surface area contributed by atoms with Crippen molar-refractivity contribution in [3.05, 3.63) is 72.8 Å². The third-order valence-electron chi connectivity index (χ3n) is 5.58. The molecule has 0 N–H and O–H groups in total. The van der Waals surface area contributed by atoms with Crippen LogP contribution in [0.25, 0.3) is 0 Å². The van der Waals surface area contributed by atoms with Gasteiger partial charge in [-0.05, 0) is 73.2 Å². The maximum Gasteiger partial charge on any atom is 0.513 e. The fourth-order valence-corrected chi connectivity index (χ4v) is 3.32. The molecule has 0 aliphatic carbocycles. The summed E-state index contributed by atoms with van der Waals surface area (Å²) in [7, 11) is 2.84. The summed E-state index contributed by atoms with van der Waals surface area (Å²) >= 11 is 0. The number of rotatable bonds is 19. The summed E-state index contributed by atoms with van der Waals surface area (Å²) < 4.78 is 40.8. The number of hydrogen-bond donors (Lipinski definition) is 0. The molecule has 0 saturated heterocycles. The van der Waals surface area contributed by atoms with Gasteiger partial charge in [-0.3, -0.25) is 0 Å². The maximum atomic E-state index is 12.0. The van der Waals surface area contributed by atoms with Crippen LogP contribution in [0.4, 0.5) is 9.59 Å². The number of carbonyl (C=O) groups is 4. The molecule has 246 valence electrons. The number of hydrogen-bond acceptors (Lipinski definition) is 14. The molecule has 0 aromatic heterocycles. The summed E-state index contributed by atoms with van der Waals surface area (Å²) in [4.78, 5) is 46.0. The van der Waals surface area contributed by atoms with Crippen molar-refractivity contribution in [2.24, 2.45) is 10.2 Å². The summed E-state index contributed by atoms with van der Waals surface area (Å²) in [5, 5.41) is 8.04. The molecule has 0 bridgehead atoms. The van der Waals surface area contributed by atoms with Crippen molar-refractivity contribution >= 4 is 36.7 Å². The van der Waals surface area contributed by atoms with E-state index in [1.165, 1.54) is 38.8 Å². The van der Waals surface area contributed by atoms with Crippen LogP contribution in [-0.2, 0) is 28.5 Å². The Morgan fingerprint density at radius 2 is 0.957 bits per heavy atom. The Bertz CT molecular complexity index is 1300. The van der Waals surface area contributed by atoms with E-state index in [0.29, 0.717) is 36.8 Å². The molecule has 0 fully saturated rings. The van der Waals surface area contributed by atoms with Crippen molar-refractivity contribution in [2.75, 3.05) is 40.6 Å². The second kappa shape index (κ2) is 21.1. The van der Waals surface area contributed by atoms with Crippen LogP contribution in [0.15, 0.2) is 71.9 Å². The molecule has 14 nitrogen and oxygen atoms in total. The molecule has 0 saturated carbocycles. The van der Waals surface area contributed by atoms with E-state index in [0.717, 1.165) is 12.2 Å². The third-order valence-corrected chi connectivity index (χ3v) is 5.58. The first-order valence-corrected chi connectivity index (χ1v) is 14.0. The van der Waals surface area contributed by atoms with Gasteiger partial charge in [-0.15, -0.1) is 0 Å². The molecule has 2 aromatic carbocycles. The van der Waals surface area contributed by atoms with Gasteiger partial charge in [-0.25, -0.2) is 19.2 Å². The molecule has 0 atom stereocenters. The fraction of sp³-hybridized carbons (Fsp3) is 0.312. The van der Waals surface area contributed by atoms with E-state index in [-0.39, 0.29) is 49.4 Å². The Labute approximate surface area is 266 Å². The van der Waals surface area contributed by atoms with Crippen molar-refractivity contribution < 1.29 is 57.1 Å². The molecule has 0 spiro atoms. The number of nitrogens with zero attached hydrogens (tertiary/aromatic N) is 2. The molecule has 14 heteroatoms. The monoisotopic (exact) mass is 640 g/mol. The lowest BCUT2D eigenvalue weighted by Gasteiger charge is -2.10. The van der Waals surface area contributed by atoms with Crippen molar-refractivity contribution in [1.82, 2.24) is 0 Å². The van der Waals surface area contributed by atoms with Crippen LogP contribution in [0, 0.1) is 0 Å². The predicted octanol–water partition coefficient (Wildman–Crippen LogP) is 5.21. The molecular weight excluding hydrogens is 604 g/mol. The minimum Gasteiger partial charge on any atom is -0.493 e. The normalized spacial score (nSPS) is 10.6. The molecule has 0 radical (unpaired) electrons. The van der Waals surface area contributed by atoms with Gasteiger partial charge in [-0.1, -0.05) is 13.2 Å². The first-order chi connectivity index (χ1) is 22.3. The number of ether oxygens (including phenoxy) is 8. The minimum atomic E-state index is -0.906. The number of esters is 2. The van der Waals surface area contributed by atoms with Gasteiger partial charge < -0.3 is 37.9 Å². The van der Waals surface area contributed by atoms with Crippen molar-refractivity contribution in [2.45, 2.75) is 25.7 Å². The molecule has 0 aliphatic heterocycles. The van der Waals surface area contributed by atoms with E-state index < -0.39 is 24.2 Å². The SMILES string of the molecule is C=CC(=O)OCCCCOC(=O)Oc1ccc(C=NN=Cc2ccc(OC(=O)OCCCCOC(=O)C=C)c(OC)c2)cc1OC. The summed E-state index contributed by atoms with van der Waals surface area (Å²) in [5.41, 5.74) is 1.22.